The topological polar surface area (TPSA) is 55.8 Å². The summed E-state index contributed by atoms with van der Waals surface area (Å²) in [4.78, 5) is 11.3. The molecule has 106 valence electrons. The standard InChI is InChI=1S/C14H19FO4/c1-3-4-7-18-14(17)9-19-13-6-5-11(10(2)16)8-12(13)15/h5-6,8,10,16H,3-4,7,9H2,1-2H3. The third kappa shape index (κ3) is 5.26. The van der Waals surface area contributed by atoms with E-state index in [0.29, 0.717) is 12.2 Å². The Labute approximate surface area is 112 Å². The average Bonchev–Trinajstić information content (AvgIpc) is 2.37. The molecule has 0 bridgehead atoms. The van der Waals surface area contributed by atoms with Crippen LogP contribution < -0.4 is 4.74 Å². The highest BCUT2D eigenvalue weighted by molar-refractivity contribution is 5.71. The first-order chi connectivity index (χ1) is 9.04. The number of aliphatic hydroxyl groups is 1. The minimum Gasteiger partial charge on any atom is -0.479 e. The molecule has 0 aromatic heterocycles. The van der Waals surface area contributed by atoms with E-state index in [2.05, 4.69) is 0 Å². The molecule has 0 radical (unpaired) electrons. The number of carbonyl (C=O) groups is 1. The summed E-state index contributed by atoms with van der Waals surface area (Å²) in [5.74, 6) is -1.16. The summed E-state index contributed by atoms with van der Waals surface area (Å²) in [5, 5.41) is 9.30. The lowest BCUT2D eigenvalue weighted by Gasteiger charge is -2.10. The fourth-order valence-corrected chi connectivity index (χ4v) is 1.40. The van der Waals surface area contributed by atoms with Crippen LogP contribution >= 0.6 is 0 Å². The summed E-state index contributed by atoms with van der Waals surface area (Å²) in [6.45, 7) is 3.56. The molecule has 0 spiro atoms. The predicted molar refractivity (Wildman–Crippen MR) is 68.4 cm³/mol. The van der Waals surface area contributed by atoms with Gasteiger partial charge < -0.3 is 14.6 Å². The molecule has 1 aromatic rings. The largest absolute Gasteiger partial charge is 0.479 e. The van der Waals surface area contributed by atoms with Crippen molar-refractivity contribution in [3.63, 3.8) is 0 Å². The Morgan fingerprint density at radius 1 is 1.47 bits per heavy atom. The van der Waals surface area contributed by atoms with Crippen molar-refractivity contribution >= 4 is 5.97 Å². The summed E-state index contributed by atoms with van der Waals surface area (Å²) in [7, 11) is 0. The van der Waals surface area contributed by atoms with Gasteiger partial charge in [0.25, 0.3) is 0 Å². The van der Waals surface area contributed by atoms with Crippen LogP contribution in [0.25, 0.3) is 0 Å². The van der Waals surface area contributed by atoms with Crippen molar-refractivity contribution in [1.29, 1.82) is 0 Å². The average molecular weight is 270 g/mol. The summed E-state index contributed by atoms with van der Waals surface area (Å²) < 4.78 is 23.5. The molecule has 0 saturated carbocycles. The Bertz CT molecular complexity index is 418. The lowest BCUT2D eigenvalue weighted by Crippen LogP contribution is -2.16. The van der Waals surface area contributed by atoms with Crippen molar-refractivity contribution in [3.8, 4) is 5.75 Å². The zero-order valence-electron chi connectivity index (χ0n) is 11.2. The summed E-state index contributed by atoms with van der Waals surface area (Å²) in [5.41, 5.74) is 0.454. The van der Waals surface area contributed by atoms with Gasteiger partial charge in [-0.15, -0.1) is 0 Å². The molecule has 1 rings (SSSR count). The van der Waals surface area contributed by atoms with Crippen LogP contribution in [0.1, 0.15) is 38.4 Å². The maximum absolute atomic E-state index is 13.6. The number of benzene rings is 1. The van der Waals surface area contributed by atoms with Crippen LogP contribution in [0.5, 0.6) is 5.75 Å². The van der Waals surface area contributed by atoms with E-state index in [1.807, 2.05) is 6.92 Å². The van der Waals surface area contributed by atoms with Crippen LogP contribution in [0.3, 0.4) is 0 Å². The van der Waals surface area contributed by atoms with Gasteiger partial charge in [-0.1, -0.05) is 19.4 Å². The van der Waals surface area contributed by atoms with Gasteiger partial charge in [-0.2, -0.15) is 0 Å². The number of unbranched alkanes of at least 4 members (excludes halogenated alkanes) is 1. The third-order valence-electron chi connectivity index (χ3n) is 2.54. The van der Waals surface area contributed by atoms with Gasteiger partial charge in [0, 0.05) is 0 Å². The van der Waals surface area contributed by atoms with E-state index in [1.54, 1.807) is 13.0 Å². The van der Waals surface area contributed by atoms with Crippen molar-refractivity contribution in [2.75, 3.05) is 13.2 Å². The molecule has 1 N–H and O–H groups in total. The van der Waals surface area contributed by atoms with Crippen LogP contribution in [-0.4, -0.2) is 24.3 Å². The van der Waals surface area contributed by atoms with E-state index in [4.69, 9.17) is 9.47 Å². The zero-order chi connectivity index (χ0) is 14.3. The molecule has 4 nitrogen and oxygen atoms in total. The number of carbonyl (C=O) groups excluding carboxylic acids is 1. The van der Waals surface area contributed by atoms with Gasteiger partial charge in [0.2, 0.25) is 0 Å². The molecule has 0 fully saturated rings. The van der Waals surface area contributed by atoms with Crippen molar-refractivity contribution in [3.05, 3.63) is 29.6 Å². The van der Waals surface area contributed by atoms with Gasteiger partial charge in [-0.05, 0) is 31.0 Å². The van der Waals surface area contributed by atoms with E-state index in [0.717, 1.165) is 12.8 Å². The first kappa shape index (κ1) is 15.4. The molecular formula is C14H19FO4. The molecular weight excluding hydrogens is 251 g/mol. The smallest absolute Gasteiger partial charge is 0.344 e. The molecule has 1 aromatic carbocycles. The fourth-order valence-electron chi connectivity index (χ4n) is 1.40. The molecule has 5 heteroatoms. The molecule has 1 unspecified atom stereocenters. The molecule has 0 saturated heterocycles. The summed E-state index contributed by atoms with van der Waals surface area (Å²) in [6, 6.07) is 4.12. The Kier molecular flexibility index (Phi) is 6.29. The fraction of sp³-hybridized carbons (Fsp3) is 0.500. The number of ether oxygens (including phenoxy) is 2. The number of aliphatic hydroxyl groups excluding tert-OH is 1. The molecule has 0 aliphatic rings. The van der Waals surface area contributed by atoms with E-state index in [-0.39, 0.29) is 12.4 Å². The Hall–Kier alpha value is -1.62. The summed E-state index contributed by atoms with van der Waals surface area (Å²) in [6.07, 6.45) is 0.981. The molecule has 0 amide bonds. The lowest BCUT2D eigenvalue weighted by molar-refractivity contribution is -0.146. The maximum Gasteiger partial charge on any atom is 0.344 e. The zero-order valence-corrected chi connectivity index (χ0v) is 11.2. The number of hydrogen-bond donors (Lipinski definition) is 1. The monoisotopic (exact) mass is 270 g/mol. The second-order valence-electron chi connectivity index (χ2n) is 4.23. The van der Waals surface area contributed by atoms with Gasteiger partial charge in [0.05, 0.1) is 12.7 Å². The Morgan fingerprint density at radius 3 is 2.79 bits per heavy atom. The van der Waals surface area contributed by atoms with E-state index >= 15 is 0 Å². The third-order valence-corrected chi connectivity index (χ3v) is 2.54. The van der Waals surface area contributed by atoms with Crippen LogP contribution in [0.4, 0.5) is 4.39 Å². The number of halogens is 1. The van der Waals surface area contributed by atoms with Crippen LogP contribution in [-0.2, 0) is 9.53 Å². The number of hydrogen-bond acceptors (Lipinski definition) is 4. The number of rotatable bonds is 7. The van der Waals surface area contributed by atoms with E-state index in [1.165, 1.54) is 12.1 Å². The van der Waals surface area contributed by atoms with Gasteiger partial charge in [0.15, 0.2) is 18.2 Å². The van der Waals surface area contributed by atoms with Crippen molar-refractivity contribution in [2.24, 2.45) is 0 Å². The first-order valence-corrected chi connectivity index (χ1v) is 6.30. The second kappa shape index (κ2) is 7.74. The second-order valence-corrected chi connectivity index (χ2v) is 4.23. The van der Waals surface area contributed by atoms with Gasteiger partial charge in [0.1, 0.15) is 0 Å². The van der Waals surface area contributed by atoms with Crippen molar-refractivity contribution in [1.82, 2.24) is 0 Å². The van der Waals surface area contributed by atoms with Crippen LogP contribution in [0, 0.1) is 5.82 Å². The SMILES string of the molecule is CCCCOC(=O)COc1ccc(C(C)O)cc1F. The quantitative estimate of drug-likeness (QED) is 0.611. The highest BCUT2D eigenvalue weighted by Gasteiger charge is 2.10. The number of esters is 1. The van der Waals surface area contributed by atoms with Crippen molar-refractivity contribution < 1.29 is 23.8 Å². The molecule has 0 heterocycles. The van der Waals surface area contributed by atoms with Crippen LogP contribution in [0.15, 0.2) is 18.2 Å². The highest BCUT2D eigenvalue weighted by Crippen LogP contribution is 2.21. The van der Waals surface area contributed by atoms with Gasteiger partial charge in [-0.3, -0.25) is 0 Å². The molecule has 19 heavy (non-hydrogen) atoms. The van der Waals surface area contributed by atoms with Gasteiger partial charge >= 0.3 is 5.97 Å². The van der Waals surface area contributed by atoms with Crippen molar-refractivity contribution in [2.45, 2.75) is 32.8 Å². The van der Waals surface area contributed by atoms with Gasteiger partial charge in [-0.25, -0.2) is 9.18 Å². The predicted octanol–water partition coefficient (Wildman–Crippen LogP) is 2.60. The first-order valence-electron chi connectivity index (χ1n) is 6.30. The molecule has 0 aliphatic carbocycles. The van der Waals surface area contributed by atoms with E-state index in [9.17, 15) is 14.3 Å². The summed E-state index contributed by atoms with van der Waals surface area (Å²) >= 11 is 0. The maximum atomic E-state index is 13.6. The van der Waals surface area contributed by atoms with E-state index < -0.39 is 17.9 Å². The lowest BCUT2D eigenvalue weighted by atomic mass is 10.1. The normalized spacial score (nSPS) is 12.0. The Balaban J connectivity index is 2.47. The molecule has 1 atom stereocenters. The molecule has 0 aliphatic heterocycles. The highest BCUT2D eigenvalue weighted by atomic mass is 19.1. The Morgan fingerprint density at radius 2 is 2.21 bits per heavy atom. The minimum atomic E-state index is -0.748. The van der Waals surface area contributed by atoms with Crippen LogP contribution in [0.2, 0.25) is 0 Å². The minimum absolute atomic E-state index is 0.0307.